The van der Waals surface area contributed by atoms with Gasteiger partial charge in [0.1, 0.15) is 18.5 Å². The monoisotopic (exact) mass is 280 g/mol. The third-order valence-corrected chi connectivity index (χ3v) is 3.20. The molecule has 1 heterocycles. The van der Waals surface area contributed by atoms with Crippen LogP contribution in [0.1, 0.15) is 11.7 Å². The van der Waals surface area contributed by atoms with E-state index in [1.807, 2.05) is 66.9 Å². The van der Waals surface area contributed by atoms with E-state index in [9.17, 15) is 5.11 Å². The van der Waals surface area contributed by atoms with Crippen molar-refractivity contribution in [1.29, 1.82) is 0 Å². The van der Waals surface area contributed by atoms with Crippen molar-refractivity contribution in [1.82, 2.24) is 9.78 Å². The van der Waals surface area contributed by atoms with Gasteiger partial charge in [-0.05, 0) is 35.9 Å². The summed E-state index contributed by atoms with van der Waals surface area (Å²) in [5, 5.41) is 14.2. The molecule has 106 valence electrons. The number of aliphatic hydroxyl groups is 1. The molecule has 0 amide bonds. The summed E-state index contributed by atoms with van der Waals surface area (Å²) < 4.78 is 7.40. The number of benzene rings is 2. The molecule has 0 aliphatic heterocycles. The Labute approximate surface area is 123 Å². The first-order valence-corrected chi connectivity index (χ1v) is 6.79. The molecular formula is C17H16N2O2. The van der Waals surface area contributed by atoms with Crippen LogP contribution in [-0.4, -0.2) is 21.5 Å². The van der Waals surface area contributed by atoms with Crippen molar-refractivity contribution >= 4 is 0 Å². The van der Waals surface area contributed by atoms with E-state index in [2.05, 4.69) is 5.10 Å². The lowest BCUT2D eigenvalue weighted by Crippen LogP contribution is -2.09. The molecule has 4 heteroatoms. The second kappa shape index (κ2) is 6.24. The van der Waals surface area contributed by atoms with Gasteiger partial charge < -0.3 is 9.84 Å². The summed E-state index contributed by atoms with van der Waals surface area (Å²) in [6, 6.07) is 19.0. The Morgan fingerprint density at radius 2 is 1.76 bits per heavy atom. The minimum absolute atomic E-state index is 0.227. The minimum atomic E-state index is -0.628. The van der Waals surface area contributed by atoms with Gasteiger partial charge in [0.25, 0.3) is 0 Å². The van der Waals surface area contributed by atoms with Crippen molar-refractivity contribution < 1.29 is 9.84 Å². The summed E-state index contributed by atoms with van der Waals surface area (Å²) in [5.74, 6) is 0.723. The van der Waals surface area contributed by atoms with Crippen LogP contribution >= 0.6 is 0 Å². The van der Waals surface area contributed by atoms with E-state index in [1.165, 1.54) is 0 Å². The van der Waals surface area contributed by atoms with Crippen LogP contribution in [0.15, 0.2) is 73.1 Å². The zero-order chi connectivity index (χ0) is 14.5. The highest BCUT2D eigenvalue weighted by molar-refractivity contribution is 5.36. The first kappa shape index (κ1) is 13.4. The quantitative estimate of drug-likeness (QED) is 0.781. The fourth-order valence-corrected chi connectivity index (χ4v) is 2.06. The Balaban J connectivity index is 1.61. The van der Waals surface area contributed by atoms with Crippen LogP contribution < -0.4 is 4.74 Å². The van der Waals surface area contributed by atoms with Crippen molar-refractivity contribution in [2.24, 2.45) is 0 Å². The number of ether oxygens (including phenoxy) is 1. The van der Waals surface area contributed by atoms with Gasteiger partial charge in [0.15, 0.2) is 0 Å². The summed E-state index contributed by atoms with van der Waals surface area (Å²) in [5.41, 5.74) is 1.82. The standard InChI is InChI=1S/C17H16N2O2/c20-17(14-5-2-1-3-6-14)13-21-16-9-7-15(8-10-16)19-12-4-11-18-19/h1-12,17,20H,13H2. The number of hydrogen-bond donors (Lipinski definition) is 1. The lowest BCUT2D eigenvalue weighted by Gasteiger charge is -2.13. The molecule has 21 heavy (non-hydrogen) atoms. The molecule has 0 radical (unpaired) electrons. The largest absolute Gasteiger partial charge is 0.491 e. The van der Waals surface area contributed by atoms with Crippen molar-refractivity contribution in [2.75, 3.05) is 6.61 Å². The first-order chi connectivity index (χ1) is 10.3. The van der Waals surface area contributed by atoms with Crippen molar-refractivity contribution in [3.8, 4) is 11.4 Å². The van der Waals surface area contributed by atoms with E-state index in [-0.39, 0.29) is 6.61 Å². The zero-order valence-electron chi connectivity index (χ0n) is 11.5. The van der Waals surface area contributed by atoms with Crippen LogP contribution in [-0.2, 0) is 0 Å². The molecule has 0 saturated heterocycles. The lowest BCUT2D eigenvalue weighted by molar-refractivity contribution is 0.108. The zero-order valence-corrected chi connectivity index (χ0v) is 11.5. The average molecular weight is 280 g/mol. The van der Waals surface area contributed by atoms with Crippen LogP contribution in [0.2, 0.25) is 0 Å². The Morgan fingerprint density at radius 3 is 2.43 bits per heavy atom. The minimum Gasteiger partial charge on any atom is -0.491 e. The Kier molecular flexibility index (Phi) is 3.98. The van der Waals surface area contributed by atoms with Gasteiger partial charge in [-0.2, -0.15) is 5.10 Å². The fraction of sp³-hybridized carbons (Fsp3) is 0.118. The number of nitrogens with zero attached hydrogens (tertiary/aromatic N) is 2. The molecule has 0 bridgehead atoms. The maximum atomic E-state index is 10.0. The molecule has 0 fully saturated rings. The van der Waals surface area contributed by atoms with E-state index < -0.39 is 6.10 Å². The lowest BCUT2D eigenvalue weighted by atomic mass is 10.1. The molecule has 3 aromatic rings. The predicted octanol–water partition coefficient (Wildman–Crippen LogP) is 2.98. The smallest absolute Gasteiger partial charge is 0.119 e. The van der Waals surface area contributed by atoms with Gasteiger partial charge in [0.05, 0.1) is 5.69 Å². The number of rotatable bonds is 5. The summed E-state index contributed by atoms with van der Waals surface area (Å²) in [4.78, 5) is 0. The van der Waals surface area contributed by atoms with E-state index in [4.69, 9.17) is 4.74 Å². The van der Waals surface area contributed by atoms with Crippen LogP contribution in [0.25, 0.3) is 5.69 Å². The van der Waals surface area contributed by atoms with Crippen LogP contribution in [0, 0.1) is 0 Å². The first-order valence-electron chi connectivity index (χ1n) is 6.79. The molecule has 1 atom stereocenters. The normalized spacial score (nSPS) is 12.0. The van der Waals surface area contributed by atoms with Crippen molar-refractivity contribution in [3.05, 3.63) is 78.6 Å². The average Bonchev–Trinajstić information content (AvgIpc) is 3.08. The van der Waals surface area contributed by atoms with Gasteiger partial charge in [0, 0.05) is 12.4 Å². The Hall–Kier alpha value is -2.59. The number of hydrogen-bond acceptors (Lipinski definition) is 3. The highest BCUT2D eigenvalue weighted by atomic mass is 16.5. The van der Waals surface area contributed by atoms with Gasteiger partial charge in [-0.1, -0.05) is 30.3 Å². The van der Waals surface area contributed by atoms with E-state index in [0.717, 1.165) is 17.0 Å². The highest BCUT2D eigenvalue weighted by Gasteiger charge is 2.07. The SMILES string of the molecule is OC(COc1ccc(-n2cccn2)cc1)c1ccccc1. The predicted molar refractivity (Wildman–Crippen MR) is 80.5 cm³/mol. The molecule has 1 unspecified atom stereocenters. The van der Waals surface area contributed by atoms with Crippen molar-refractivity contribution in [3.63, 3.8) is 0 Å². The summed E-state index contributed by atoms with van der Waals surface area (Å²) in [6.07, 6.45) is 2.99. The van der Waals surface area contributed by atoms with Gasteiger partial charge in [0.2, 0.25) is 0 Å². The van der Waals surface area contributed by atoms with E-state index in [1.54, 1.807) is 10.9 Å². The molecule has 0 aliphatic rings. The summed E-state index contributed by atoms with van der Waals surface area (Å²) >= 11 is 0. The molecule has 1 N–H and O–H groups in total. The maximum absolute atomic E-state index is 10.0. The third kappa shape index (κ3) is 3.30. The number of aromatic nitrogens is 2. The Bertz CT molecular complexity index is 664. The molecular weight excluding hydrogens is 264 g/mol. The van der Waals surface area contributed by atoms with Crippen LogP contribution in [0.5, 0.6) is 5.75 Å². The highest BCUT2D eigenvalue weighted by Crippen LogP contribution is 2.18. The third-order valence-electron chi connectivity index (χ3n) is 3.20. The van der Waals surface area contributed by atoms with Gasteiger partial charge >= 0.3 is 0 Å². The van der Waals surface area contributed by atoms with Gasteiger partial charge in [-0.15, -0.1) is 0 Å². The van der Waals surface area contributed by atoms with Gasteiger partial charge in [-0.3, -0.25) is 0 Å². The van der Waals surface area contributed by atoms with E-state index in [0.29, 0.717) is 0 Å². The second-order valence-electron chi connectivity index (χ2n) is 4.68. The summed E-state index contributed by atoms with van der Waals surface area (Å²) in [6.45, 7) is 0.227. The molecule has 0 spiro atoms. The van der Waals surface area contributed by atoms with E-state index >= 15 is 0 Å². The fourth-order valence-electron chi connectivity index (χ4n) is 2.06. The van der Waals surface area contributed by atoms with Crippen LogP contribution in [0.4, 0.5) is 0 Å². The maximum Gasteiger partial charge on any atom is 0.119 e. The molecule has 4 nitrogen and oxygen atoms in total. The topological polar surface area (TPSA) is 47.3 Å². The molecule has 2 aromatic carbocycles. The van der Waals surface area contributed by atoms with Gasteiger partial charge in [-0.25, -0.2) is 4.68 Å². The molecule has 1 aromatic heterocycles. The molecule has 0 aliphatic carbocycles. The molecule has 3 rings (SSSR count). The summed E-state index contributed by atoms with van der Waals surface area (Å²) in [7, 11) is 0. The van der Waals surface area contributed by atoms with Crippen LogP contribution in [0.3, 0.4) is 0 Å². The molecule has 0 saturated carbocycles. The number of aliphatic hydroxyl groups excluding tert-OH is 1. The Morgan fingerprint density at radius 1 is 1.00 bits per heavy atom. The van der Waals surface area contributed by atoms with Crippen molar-refractivity contribution in [2.45, 2.75) is 6.10 Å². The second-order valence-corrected chi connectivity index (χ2v) is 4.68.